The summed E-state index contributed by atoms with van der Waals surface area (Å²) in [5.41, 5.74) is -0.611. The van der Waals surface area contributed by atoms with Crippen LogP contribution in [0.4, 0.5) is 0 Å². The molecule has 0 amide bonds. The van der Waals surface area contributed by atoms with Crippen LogP contribution < -0.4 is 0 Å². The predicted octanol–water partition coefficient (Wildman–Crippen LogP) is 2.22. The number of carbonyl (C=O) groups is 1. The SMILES string of the molecule is O=C(O)[C@]1([C@H]2CCCCO2)C[C@H]2C=C[C@H]1C2. The zero-order valence-corrected chi connectivity index (χ0v) is 9.39. The second kappa shape index (κ2) is 3.59. The van der Waals surface area contributed by atoms with Gasteiger partial charge in [0.25, 0.3) is 0 Å². The Bertz CT molecular complexity index is 330. The summed E-state index contributed by atoms with van der Waals surface area (Å²) in [6.45, 7) is 0.737. The molecule has 1 N–H and O–H groups in total. The minimum absolute atomic E-state index is 0.0568. The van der Waals surface area contributed by atoms with Crippen LogP contribution in [-0.4, -0.2) is 23.8 Å². The largest absolute Gasteiger partial charge is 0.481 e. The third-order valence-electron chi connectivity index (χ3n) is 4.59. The zero-order valence-electron chi connectivity index (χ0n) is 9.39. The second-order valence-corrected chi connectivity index (χ2v) is 5.39. The lowest BCUT2D eigenvalue weighted by Crippen LogP contribution is -2.48. The summed E-state index contributed by atoms with van der Waals surface area (Å²) in [6, 6.07) is 0. The second-order valence-electron chi connectivity index (χ2n) is 5.39. The molecule has 1 saturated carbocycles. The van der Waals surface area contributed by atoms with Crippen LogP contribution in [0.2, 0.25) is 0 Å². The molecule has 3 rings (SSSR count). The molecule has 88 valence electrons. The third-order valence-corrected chi connectivity index (χ3v) is 4.59. The van der Waals surface area contributed by atoms with Crippen molar-refractivity contribution in [2.24, 2.45) is 17.3 Å². The van der Waals surface area contributed by atoms with Gasteiger partial charge in [0.1, 0.15) is 5.41 Å². The van der Waals surface area contributed by atoms with E-state index in [-0.39, 0.29) is 12.0 Å². The van der Waals surface area contributed by atoms with Gasteiger partial charge in [0, 0.05) is 6.61 Å². The summed E-state index contributed by atoms with van der Waals surface area (Å²) >= 11 is 0. The quantitative estimate of drug-likeness (QED) is 0.729. The summed E-state index contributed by atoms with van der Waals surface area (Å²) in [7, 11) is 0. The number of hydrogen-bond donors (Lipinski definition) is 1. The molecule has 2 bridgehead atoms. The molecule has 0 unspecified atom stereocenters. The maximum Gasteiger partial charge on any atom is 0.312 e. The first-order valence-corrected chi connectivity index (χ1v) is 6.27. The minimum Gasteiger partial charge on any atom is -0.481 e. The van der Waals surface area contributed by atoms with Crippen molar-refractivity contribution in [1.29, 1.82) is 0 Å². The molecule has 0 aromatic rings. The smallest absolute Gasteiger partial charge is 0.312 e. The number of ether oxygens (including phenoxy) is 1. The van der Waals surface area contributed by atoms with Crippen LogP contribution in [0.5, 0.6) is 0 Å². The number of carboxylic acids is 1. The van der Waals surface area contributed by atoms with Crippen LogP contribution in [-0.2, 0) is 9.53 Å². The first-order chi connectivity index (χ1) is 7.73. The molecule has 0 spiro atoms. The normalized spacial score (nSPS) is 46.1. The number of rotatable bonds is 2. The highest BCUT2D eigenvalue weighted by Crippen LogP contribution is 2.56. The number of allylic oxidation sites excluding steroid dienone is 2. The summed E-state index contributed by atoms with van der Waals surface area (Å²) < 4.78 is 5.76. The lowest BCUT2D eigenvalue weighted by molar-refractivity contribution is -0.166. The molecule has 16 heavy (non-hydrogen) atoms. The highest BCUT2D eigenvalue weighted by molar-refractivity contribution is 5.77. The fourth-order valence-electron chi connectivity index (χ4n) is 3.79. The van der Waals surface area contributed by atoms with E-state index in [1.807, 2.05) is 0 Å². The van der Waals surface area contributed by atoms with Gasteiger partial charge < -0.3 is 9.84 Å². The molecular weight excluding hydrogens is 204 g/mol. The van der Waals surface area contributed by atoms with E-state index in [0.29, 0.717) is 5.92 Å². The Morgan fingerprint density at radius 1 is 1.38 bits per heavy atom. The van der Waals surface area contributed by atoms with Crippen LogP contribution in [0, 0.1) is 17.3 Å². The molecule has 0 aromatic heterocycles. The fourth-order valence-corrected chi connectivity index (χ4v) is 3.79. The number of aliphatic carboxylic acids is 1. The van der Waals surface area contributed by atoms with Crippen molar-refractivity contribution >= 4 is 5.97 Å². The van der Waals surface area contributed by atoms with Gasteiger partial charge in [-0.1, -0.05) is 12.2 Å². The van der Waals surface area contributed by atoms with E-state index in [9.17, 15) is 9.90 Å². The van der Waals surface area contributed by atoms with Crippen molar-refractivity contribution in [3.05, 3.63) is 12.2 Å². The Morgan fingerprint density at radius 3 is 2.75 bits per heavy atom. The van der Waals surface area contributed by atoms with E-state index in [4.69, 9.17) is 4.74 Å². The van der Waals surface area contributed by atoms with Crippen molar-refractivity contribution in [3.8, 4) is 0 Å². The van der Waals surface area contributed by atoms with Gasteiger partial charge in [-0.05, 0) is 43.9 Å². The Labute approximate surface area is 95.5 Å². The topological polar surface area (TPSA) is 46.5 Å². The number of hydrogen-bond acceptors (Lipinski definition) is 2. The van der Waals surface area contributed by atoms with Gasteiger partial charge >= 0.3 is 5.97 Å². The van der Waals surface area contributed by atoms with Gasteiger partial charge in [0.05, 0.1) is 6.10 Å². The first kappa shape index (κ1) is 10.3. The zero-order chi connectivity index (χ0) is 11.2. The molecule has 2 fully saturated rings. The van der Waals surface area contributed by atoms with Gasteiger partial charge in [0.15, 0.2) is 0 Å². The van der Waals surface area contributed by atoms with E-state index in [1.165, 1.54) is 0 Å². The highest BCUT2D eigenvalue weighted by atomic mass is 16.5. The van der Waals surface area contributed by atoms with Crippen LogP contribution in [0.3, 0.4) is 0 Å². The Morgan fingerprint density at radius 2 is 2.25 bits per heavy atom. The monoisotopic (exact) mass is 222 g/mol. The van der Waals surface area contributed by atoms with Gasteiger partial charge in [-0.25, -0.2) is 0 Å². The fraction of sp³-hybridized carbons (Fsp3) is 0.769. The highest BCUT2D eigenvalue weighted by Gasteiger charge is 2.58. The van der Waals surface area contributed by atoms with Crippen molar-refractivity contribution in [3.63, 3.8) is 0 Å². The van der Waals surface area contributed by atoms with E-state index in [0.717, 1.165) is 38.7 Å². The molecule has 4 atom stereocenters. The van der Waals surface area contributed by atoms with E-state index in [2.05, 4.69) is 12.2 Å². The van der Waals surface area contributed by atoms with Gasteiger partial charge in [0.2, 0.25) is 0 Å². The Hall–Kier alpha value is -0.830. The summed E-state index contributed by atoms with van der Waals surface area (Å²) in [5.74, 6) is 0.0426. The summed E-state index contributed by atoms with van der Waals surface area (Å²) in [4.78, 5) is 11.7. The summed E-state index contributed by atoms with van der Waals surface area (Å²) in [6.07, 6.45) is 9.16. The van der Waals surface area contributed by atoms with Crippen LogP contribution in [0.15, 0.2) is 12.2 Å². The molecule has 3 heteroatoms. The number of carboxylic acid groups (broad SMARTS) is 1. The van der Waals surface area contributed by atoms with E-state index < -0.39 is 11.4 Å². The van der Waals surface area contributed by atoms with E-state index in [1.54, 1.807) is 0 Å². The first-order valence-electron chi connectivity index (χ1n) is 6.27. The van der Waals surface area contributed by atoms with E-state index >= 15 is 0 Å². The predicted molar refractivity (Wildman–Crippen MR) is 59.0 cm³/mol. The maximum absolute atomic E-state index is 11.7. The molecule has 1 saturated heterocycles. The van der Waals surface area contributed by atoms with Crippen LogP contribution in [0.25, 0.3) is 0 Å². The Balaban J connectivity index is 1.91. The average Bonchev–Trinajstić information content (AvgIpc) is 2.90. The lowest BCUT2D eigenvalue weighted by Gasteiger charge is -2.40. The summed E-state index contributed by atoms with van der Waals surface area (Å²) in [5, 5.41) is 9.62. The van der Waals surface area contributed by atoms with Crippen molar-refractivity contribution < 1.29 is 14.6 Å². The molecular formula is C13H18O3. The standard InChI is InChI=1S/C13H18O3/c14-12(15)13(11-3-1-2-6-16-11)8-9-4-5-10(13)7-9/h4-5,9-11H,1-3,6-8H2,(H,14,15)/t9-,10-,11+,13+/m0/s1. The van der Waals surface area contributed by atoms with Crippen LogP contribution >= 0.6 is 0 Å². The minimum atomic E-state index is -0.642. The van der Waals surface area contributed by atoms with Gasteiger partial charge in [-0.3, -0.25) is 4.79 Å². The average molecular weight is 222 g/mol. The van der Waals surface area contributed by atoms with Crippen LogP contribution in [0.1, 0.15) is 32.1 Å². The molecule has 2 aliphatic carbocycles. The molecule has 1 heterocycles. The van der Waals surface area contributed by atoms with Crippen molar-refractivity contribution in [2.45, 2.75) is 38.2 Å². The lowest BCUT2D eigenvalue weighted by atomic mass is 9.69. The third kappa shape index (κ3) is 1.27. The molecule has 1 aliphatic heterocycles. The van der Waals surface area contributed by atoms with Crippen molar-refractivity contribution in [2.75, 3.05) is 6.61 Å². The van der Waals surface area contributed by atoms with Crippen molar-refractivity contribution in [1.82, 2.24) is 0 Å². The van der Waals surface area contributed by atoms with Gasteiger partial charge in [-0.2, -0.15) is 0 Å². The van der Waals surface area contributed by atoms with Gasteiger partial charge in [-0.15, -0.1) is 0 Å². The Kier molecular flexibility index (Phi) is 2.32. The maximum atomic E-state index is 11.7. The molecule has 3 nitrogen and oxygen atoms in total. The molecule has 0 aromatic carbocycles. The number of fused-ring (bicyclic) bond motifs is 2. The molecule has 0 radical (unpaired) electrons. The molecule has 3 aliphatic rings.